The minimum Gasteiger partial charge on any atom is -0.497 e. The van der Waals surface area contributed by atoms with Crippen LogP contribution in [0.5, 0.6) is 5.75 Å². The van der Waals surface area contributed by atoms with Gasteiger partial charge in [0, 0.05) is 17.0 Å². The van der Waals surface area contributed by atoms with Crippen LogP contribution in [0.15, 0.2) is 29.6 Å². The minimum absolute atomic E-state index is 0.0205. The maximum absolute atomic E-state index is 12.0. The maximum Gasteiger partial charge on any atom is 0.358 e. The fraction of sp³-hybridized carbons (Fsp3) is 0.389. The standard InChI is InChI=1S/C18H22N2O4S/c1-11(2)12(3)19-16(21)9-24-18(22)15-10-25-17(20-15)13-5-7-14(23-4)8-6-13/h5-8,10-12H,9H2,1-4H3,(H,19,21)/t12-/m1/s1. The van der Waals surface area contributed by atoms with Gasteiger partial charge in [-0.05, 0) is 37.1 Å². The van der Waals surface area contributed by atoms with Gasteiger partial charge in [0.2, 0.25) is 0 Å². The Hall–Kier alpha value is -2.41. The monoisotopic (exact) mass is 362 g/mol. The van der Waals surface area contributed by atoms with Gasteiger partial charge in [-0.3, -0.25) is 4.79 Å². The van der Waals surface area contributed by atoms with Gasteiger partial charge in [-0.15, -0.1) is 11.3 Å². The van der Waals surface area contributed by atoms with Crippen molar-refractivity contribution in [3.05, 3.63) is 35.3 Å². The largest absolute Gasteiger partial charge is 0.497 e. The molecule has 1 amide bonds. The molecule has 0 bridgehead atoms. The molecular formula is C18H22N2O4S. The molecule has 1 aromatic heterocycles. The number of aromatic nitrogens is 1. The number of methoxy groups -OCH3 is 1. The lowest BCUT2D eigenvalue weighted by Crippen LogP contribution is -2.38. The Morgan fingerprint density at radius 2 is 1.88 bits per heavy atom. The molecule has 6 nitrogen and oxygen atoms in total. The van der Waals surface area contributed by atoms with E-state index in [1.807, 2.05) is 45.0 Å². The van der Waals surface area contributed by atoms with Gasteiger partial charge in [0.25, 0.3) is 5.91 Å². The summed E-state index contributed by atoms with van der Waals surface area (Å²) in [5.74, 6) is 0.135. The Morgan fingerprint density at radius 3 is 2.48 bits per heavy atom. The van der Waals surface area contributed by atoms with Crippen LogP contribution in [-0.4, -0.2) is 36.6 Å². The molecule has 134 valence electrons. The van der Waals surface area contributed by atoms with Crippen molar-refractivity contribution in [2.45, 2.75) is 26.8 Å². The summed E-state index contributed by atoms with van der Waals surface area (Å²) in [7, 11) is 1.60. The van der Waals surface area contributed by atoms with E-state index in [1.165, 1.54) is 11.3 Å². The maximum atomic E-state index is 12.0. The molecule has 0 radical (unpaired) electrons. The van der Waals surface area contributed by atoms with Crippen molar-refractivity contribution in [1.82, 2.24) is 10.3 Å². The predicted octanol–water partition coefficient (Wildman–Crippen LogP) is 3.14. The van der Waals surface area contributed by atoms with Crippen LogP contribution < -0.4 is 10.1 Å². The SMILES string of the molecule is COc1ccc(-c2nc(C(=O)OCC(=O)N[C@H](C)C(C)C)cs2)cc1. The van der Waals surface area contributed by atoms with E-state index in [2.05, 4.69) is 10.3 Å². The highest BCUT2D eigenvalue weighted by molar-refractivity contribution is 7.13. The number of amides is 1. The van der Waals surface area contributed by atoms with Gasteiger partial charge >= 0.3 is 5.97 Å². The molecule has 1 atom stereocenters. The van der Waals surface area contributed by atoms with Crippen molar-refractivity contribution in [3.8, 4) is 16.3 Å². The number of ether oxygens (including phenoxy) is 2. The minimum atomic E-state index is -0.608. The normalized spacial score (nSPS) is 11.9. The average Bonchev–Trinajstić information content (AvgIpc) is 3.09. The fourth-order valence-electron chi connectivity index (χ4n) is 1.90. The van der Waals surface area contributed by atoms with Gasteiger partial charge in [0.15, 0.2) is 12.3 Å². The molecule has 2 rings (SSSR count). The molecule has 0 fully saturated rings. The summed E-state index contributed by atoms with van der Waals surface area (Å²) < 4.78 is 10.1. The lowest BCUT2D eigenvalue weighted by molar-refractivity contribution is -0.125. The summed E-state index contributed by atoms with van der Waals surface area (Å²) in [5.41, 5.74) is 1.08. The number of esters is 1. The molecule has 25 heavy (non-hydrogen) atoms. The van der Waals surface area contributed by atoms with Crippen molar-refractivity contribution in [3.63, 3.8) is 0 Å². The molecule has 7 heteroatoms. The summed E-state index contributed by atoms with van der Waals surface area (Å²) in [4.78, 5) is 28.1. The van der Waals surface area contributed by atoms with Crippen molar-refractivity contribution in [2.24, 2.45) is 5.92 Å². The molecule has 0 aliphatic carbocycles. The molecule has 0 saturated carbocycles. The number of thiazole rings is 1. The molecule has 0 aliphatic heterocycles. The van der Waals surface area contributed by atoms with Crippen LogP contribution in [0.1, 0.15) is 31.3 Å². The molecule has 1 N–H and O–H groups in total. The van der Waals surface area contributed by atoms with Crippen molar-refractivity contribution < 1.29 is 19.1 Å². The van der Waals surface area contributed by atoms with E-state index < -0.39 is 5.97 Å². The molecule has 2 aromatic rings. The lowest BCUT2D eigenvalue weighted by Gasteiger charge is -2.17. The van der Waals surface area contributed by atoms with Crippen LogP contribution in [0.25, 0.3) is 10.6 Å². The summed E-state index contributed by atoms with van der Waals surface area (Å²) in [5, 5.41) is 5.11. The first-order valence-electron chi connectivity index (χ1n) is 7.97. The third-order valence-corrected chi connectivity index (χ3v) is 4.66. The van der Waals surface area contributed by atoms with Gasteiger partial charge in [-0.1, -0.05) is 13.8 Å². The predicted molar refractivity (Wildman–Crippen MR) is 96.8 cm³/mol. The highest BCUT2D eigenvalue weighted by Gasteiger charge is 2.16. The summed E-state index contributed by atoms with van der Waals surface area (Å²) in [6.07, 6.45) is 0. The Kier molecular flexibility index (Phi) is 6.52. The number of nitrogens with zero attached hydrogens (tertiary/aromatic N) is 1. The van der Waals surface area contributed by atoms with Crippen molar-refractivity contribution in [1.29, 1.82) is 0 Å². The third-order valence-electron chi connectivity index (χ3n) is 3.77. The number of hydrogen-bond donors (Lipinski definition) is 1. The molecule has 0 spiro atoms. The van der Waals surface area contributed by atoms with Crippen LogP contribution in [0.4, 0.5) is 0 Å². The van der Waals surface area contributed by atoms with Gasteiger partial charge in [0.05, 0.1) is 7.11 Å². The quantitative estimate of drug-likeness (QED) is 0.766. The van der Waals surface area contributed by atoms with E-state index in [4.69, 9.17) is 9.47 Å². The first-order chi connectivity index (χ1) is 11.9. The van der Waals surface area contributed by atoms with E-state index in [-0.39, 0.29) is 24.2 Å². The second-order valence-corrected chi connectivity index (χ2v) is 6.80. The Morgan fingerprint density at radius 1 is 1.20 bits per heavy atom. The molecule has 0 unspecified atom stereocenters. The number of benzene rings is 1. The Labute approximate surface area is 151 Å². The molecule has 0 saturated heterocycles. The van der Waals surface area contributed by atoms with Crippen molar-refractivity contribution in [2.75, 3.05) is 13.7 Å². The molecule has 1 aromatic carbocycles. The zero-order chi connectivity index (χ0) is 18.4. The van der Waals surface area contributed by atoms with E-state index in [0.29, 0.717) is 10.9 Å². The summed E-state index contributed by atoms with van der Waals surface area (Å²) >= 11 is 1.34. The summed E-state index contributed by atoms with van der Waals surface area (Å²) in [6, 6.07) is 7.41. The highest BCUT2D eigenvalue weighted by atomic mass is 32.1. The second kappa shape index (κ2) is 8.62. The van der Waals surface area contributed by atoms with E-state index in [0.717, 1.165) is 11.3 Å². The highest BCUT2D eigenvalue weighted by Crippen LogP contribution is 2.25. The topological polar surface area (TPSA) is 77.5 Å². The number of nitrogens with one attached hydrogen (secondary N) is 1. The van der Waals surface area contributed by atoms with Gasteiger partial charge in [-0.25, -0.2) is 9.78 Å². The molecule has 1 heterocycles. The number of carbonyl (C=O) groups is 2. The van der Waals surface area contributed by atoms with E-state index >= 15 is 0 Å². The zero-order valence-electron chi connectivity index (χ0n) is 14.7. The number of hydrogen-bond acceptors (Lipinski definition) is 6. The Balaban J connectivity index is 1.92. The van der Waals surface area contributed by atoms with Gasteiger partial charge in [-0.2, -0.15) is 0 Å². The van der Waals surface area contributed by atoms with E-state index in [9.17, 15) is 9.59 Å². The summed E-state index contributed by atoms with van der Waals surface area (Å²) in [6.45, 7) is 5.61. The van der Waals surface area contributed by atoms with Crippen LogP contribution in [-0.2, 0) is 9.53 Å². The van der Waals surface area contributed by atoms with Crippen LogP contribution >= 0.6 is 11.3 Å². The molecule has 0 aliphatic rings. The van der Waals surface area contributed by atoms with Crippen LogP contribution in [0.3, 0.4) is 0 Å². The first-order valence-corrected chi connectivity index (χ1v) is 8.85. The van der Waals surface area contributed by atoms with Gasteiger partial charge < -0.3 is 14.8 Å². The Bertz CT molecular complexity index is 725. The average molecular weight is 362 g/mol. The van der Waals surface area contributed by atoms with Crippen LogP contribution in [0, 0.1) is 5.92 Å². The fourth-order valence-corrected chi connectivity index (χ4v) is 2.70. The van der Waals surface area contributed by atoms with E-state index in [1.54, 1.807) is 12.5 Å². The third kappa shape index (κ3) is 5.29. The second-order valence-electron chi connectivity index (χ2n) is 5.94. The van der Waals surface area contributed by atoms with Crippen molar-refractivity contribution >= 4 is 23.2 Å². The first kappa shape index (κ1) is 18.9. The smallest absolute Gasteiger partial charge is 0.358 e. The number of carbonyl (C=O) groups excluding carboxylic acids is 2. The number of rotatable bonds is 7. The zero-order valence-corrected chi connectivity index (χ0v) is 15.6. The van der Waals surface area contributed by atoms with Gasteiger partial charge in [0.1, 0.15) is 10.8 Å². The van der Waals surface area contributed by atoms with Crippen LogP contribution in [0.2, 0.25) is 0 Å². The lowest BCUT2D eigenvalue weighted by atomic mass is 10.1. The molecular weight excluding hydrogens is 340 g/mol.